The first kappa shape index (κ1) is 15.1. The van der Waals surface area contributed by atoms with Gasteiger partial charge in [0, 0.05) is 44.3 Å². The van der Waals surface area contributed by atoms with E-state index >= 15 is 0 Å². The molecule has 5 heteroatoms. The monoisotopic (exact) mass is 301 g/mol. The lowest BCUT2D eigenvalue weighted by Crippen LogP contribution is -2.46. The van der Waals surface area contributed by atoms with Gasteiger partial charge in [-0.25, -0.2) is 0 Å². The van der Waals surface area contributed by atoms with Crippen molar-refractivity contribution in [2.24, 2.45) is 0 Å². The van der Waals surface area contributed by atoms with Crippen LogP contribution >= 0.6 is 0 Å². The maximum Gasteiger partial charge on any atom is 0.221 e. The van der Waals surface area contributed by atoms with Gasteiger partial charge < -0.3 is 19.5 Å². The lowest BCUT2D eigenvalue weighted by atomic mass is 10.2. The molecule has 1 aromatic carbocycles. The van der Waals surface area contributed by atoms with Crippen LogP contribution in [0.4, 0.5) is 0 Å². The molecule has 2 aromatic rings. The molecular weight excluding hydrogens is 278 g/mol. The highest BCUT2D eigenvalue weighted by molar-refractivity contribution is 5.80. The Bertz CT molecular complexity index is 638. The number of nitrogens with one attached hydrogen (secondary N) is 1. The van der Waals surface area contributed by atoms with Crippen LogP contribution in [0, 0.1) is 0 Å². The molecule has 5 nitrogen and oxygen atoms in total. The number of nitrogens with zero attached hydrogens (tertiary/aromatic N) is 2. The number of fused-ring (bicyclic) bond motifs is 1. The van der Waals surface area contributed by atoms with Crippen molar-refractivity contribution in [3.05, 3.63) is 36.5 Å². The molecule has 1 aliphatic rings. The minimum atomic E-state index is 0.0783. The number of amides is 1. The van der Waals surface area contributed by atoms with Crippen LogP contribution in [-0.2, 0) is 16.1 Å². The van der Waals surface area contributed by atoms with Gasteiger partial charge in [-0.05, 0) is 24.6 Å². The van der Waals surface area contributed by atoms with E-state index in [1.165, 1.54) is 10.9 Å². The molecule has 118 valence electrons. The van der Waals surface area contributed by atoms with Crippen LogP contribution < -0.4 is 5.32 Å². The molecule has 1 aromatic heterocycles. The highest BCUT2D eigenvalue weighted by atomic mass is 16.5. The van der Waals surface area contributed by atoms with Gasteiger partial charge in [-0.3, -0.25) is 4.79 Å². The Morgan fingerprint density at radius 3 is 3.09 bits per heavy atom. The summed E-state index contributed by atoms with van der Waals surface area (Å²) >= 11 is 0. The fraction of sp³-hybridized carbons (Fsp3) is 0.471. The lowest BCUT2D eigenvalue weighted by molar-refractivity contribution is -0.122. The lowest BCUT2D eigenvalue weighted by Gasteiger charge is -2.30. The second-order valence-corrected chi connectivity index (χ2v) is 5.88. The topological polar surface area (TPSA) is 46.5 Å². The zero-order valence-electron chi connectivity index (χ0n) is 13.0. The highest BCUT2D eigenvalue weighted by Gasteiger charge is 2.18. The molecule has 1 fully saturated rings. The van der Waals surface area contributed by atoms with Gasteiger partial charge in [0.1, 0.15) is 0 Å². The fourth-order valence-corrected chi connectivity index (χ4v) is 2.86. The Morgan fingerprint density at radius 1 is 1.36 bits per heavy atom. The van der Waals surface area contributed by atoms with Gasteiger partial charge in [0.05, 0.1) is 12.7 Å². The number of morpholine rings is 1. The normalized spacial score (nSPS) is 19.4. The summed E-state index contributed by atoms with van der Waals surface area (Å²) in [6, 6.07) is 10.3. The van der Waals surface area contributed by atoms with Gasteiger partial charge in [0.15, 0.2) is 0 Å². The van der Waals surface area contributed by atoms with Crippen molar-refractivity contribution in [2.45, 2.75) is 19.1 Å². The van der Waals surface area contributed by atoms with E-state index in [4.69, 9.17) is 4.74 Å². The second-order valence-electron chi connectivity index (χ2n) is 5.88. The first-order valence-electron chi connectivity index (χ1n) is 7.83. The number of benzene rings is 1. The number of aromatic nitrogens is 1. The summed E-state index contributed by atoms with van der Waals surface area (Å²) in [6.45, 7) is 3.88. The smallest absolute Gasteiger partial charge is 0.221 e. The molecular formula is C17H23N3O2. The maximum absolute atomic E-state index is 12.0. The van der Waals surface area contributed by atoms with Gasteiger partial charge in [0.25, 0.3) is 0 Å². The van der Waals surface area contributed by atoms with E-state index < -0.39 is 0 Å². The molecule has 3 rings (SSSR count). The number of hydrogen-bond acceptors (Lipinski definition) is 3. The summed E-state index contributed by atoms with van der Waals surface area (Å²) < 4.78 is 7.77. The van der Waals surface area contributed by atoms with Crippen molar-refractivity contribution in [1.82, 2.24) is 14.8 Å². The quantitative estimate of drug-likeness (QED) is 0.910. The summed E-state index contributed by atoms with van der Waals surface area (Å²) in [5.74, 6) is 0.0783. The van der Waals surface area contributed by atoms with Crippen molar-refractivity contribution in [2.75, 3.05) is 33.3 Å². The van der Waals surface area contributed by atoms with Gasteiger partial charge >= 0.3 is 0 Å². The molecule has 2 heterocycles. The Kier molecular flexibility index (Phi) is 4.75. The molecule has 1 aliphatic heterocycles. The van der Waals surface area contributed by atoms with Gasteiger partial charge in [0.2, 0.25) is 5.91 Å². The van der Waals surface area contributed by atoms with Crippen LogP contribution in [0.2, 0.25) is 0 Å². The van der Waals surface area contributed by atoms with Crippen LogP contribution in [0.15, 0.2) is 36.5 Å². The Labute approximate surface area is 130 Å². The SMILES string of the molecule is CN1CCO[C@H](CNC(=O)CCn2ccc3ccccc32)C1. The van der Waals surface area contributed by atoms with Crippen molar-refractivity contribution in [3.8, 4) is 0 Å². The van der Waals surface area contributed by atoms with E-state index in [1.807, 2.05) is 18.3 Å². The Hall–Kier alpha value is -1.85. The highest BCUT2D eigenvalue weighted by Crippen LogP contribution is 2.15. The predicted octanol–water partition coefficient (Wildman–Crippen LogP) is 1.48. The molecule has 1 atom stereocenters. The van der Waals surface area contributed by atoms with E-state index in [1.54, 1.807) is 0 Å². The predicted molar refractivity (Wildman–Crippen MR) is 86.8 cm³/mol. The summed E-state index contributed by atoms with van der Waals surface area (Å²) in [4.78, 5) is 14.2. The van der Waals surface area contributed by atoms with E-state index in [2.05, 4.69) is 40.0 Å². The summed E-state index contributed by atoms with van der Waals surface area (Å²) in [6.07, 6.45) is 2.63. The third-order valence-electron chi connectivity index (χ3n) is 4.13. The number of ether oxygens (including phenoxy) is 1. The summed E-state index contributed by atoms with van der Waals surface area (Å²) in [5, 5.41) is 4.19. The Morgan fingerprint density at radius 2 is 2.23 bits per heavy atom. The summed E-state index contributed by atoms with van der Waals surface area (Å²) in [5.41, 5.74) is 1.17. The zero-order valence-corrected chi connectivity index (χ0v) is 13.0. The van der Waals surface area contributed by atoms with Gasteiger partial charge in [-0.1, -0.05) is 18.2 Å². The van der Waals surface area contributed by atoms with Crippen molar-refractivity contribution in [3.63, 3.8) is 0 Å². The number of rotatable bonds is 5. The standard InChI is InChI=1S/C17H23N3O2/c1-19-10-11-22-15(13-19)12-18-17(21)7-9-20-8-6-14-4-2-3-5-16(14)20/h2-6,8,15H,7,9-13H2,1H3,(H,18,21)/t15-/m1/s1. The number of hydrogen-bond donors (Lipinski definition) is 1. The molecule has 22 heavy (non-hydrogen) atoms. The number of aryl methyl sites for hydroxylation is 1. The molecule has 0 spiro atoms. The van der Waals surface area contributed by atoms with Crippen molar-refractivity contribution < 1.29 is 9.53 Å². The Balaban J connectivity index is 1.46. The van der Waals surface area contributed by atoms with E-state index in [0.717, 1.165) is 19.7 Å². The van der Waals surface area contributed by atoms with E-state index in [0.29, 0.717) is 19.5 Å². The first-order valence-corrected chi connectivity index (χ1v) is 7.83. The maximum atomic E-state index is 12.0. The average Bonchev–Trinajstić information content (AvgIpc) is 2.94. The van der Waals surface area contributed by atoms with Crippen LogP contribution in [0.5, 0.6) is 0 Å². The molecule has 0 radical (unpaired) electrons. The molecule has 0 aliphatic carbocycles. The largest absolute Gasteiger partial charge is 0.374 e. The number of para-hydroxylation sites is 1. The van der Waals surface area contributed by atoms with Crippen molar-refractivity contribution >= 4 is 16.8 Å². The van der Waals surface area contributed by atoms with E-state index in [9.17, 15) is 4.79 Å². The number of carbonyl (C=O) groups is 1. The number of carbonyl (C=O) groups excluding carboxylic acids is 1. The third-order valence-corrected chi connectivity index (χ3v) is 4.13. The average molecular weight is 301 g/mol. The minimum Gasteiger partial charge on any atom is -0.374 e. The van der Waals surface area contributed by atoms with Gasteiger partial charge in [-0.15, -0.1) is 0 Å². The van der Waals surface area contributed by atoms with Crippen molar-refractivity contribution in [1.29, 1.82) is 0 Å². The van der Waals surface area contributed by atoms with Crippen LogP contribution in [0.25, 0.3) is 10.9 Å². The zero-order chi connectivity index (χ0) is 15.4. The van der Waals surface area contributed by atoms with Crippen LogP contribution in [0.3, 0.4) is 0 Å². The second kappa shape index (κ2) is 6.94. The number of likely N-dealkylation sites (N-methyl/N-ethyl adjacent to an activating group) is 1. The first-order chi connectivity index (χ1) is 10.7. The van der Waals surface area contributed by atoms with E-state index in [-0.39, 0.29) is 12.0 Å². The minimum absolute atomic E-state index is 0.0783. The van der Waals surface area contributed by atoms with Gasteiger partial charge in [-0.2, -0.15) is 0 Å². The molecule has 1 N–H and O–H groups in total. The molecule has 1 saturated heterocycles. The summed E-state index contributed by atoms with van der Waals surface area (Å²) in [7, 11) is 2.08. The fourth-order valence-electron chi connectivity index (χ4n) is 2.86. The molecule has 0 unspecified atom stereocenters. The third kappa shape index (κ3) is 3.67. The van der Waals surface area contributed by atoms with Crippen LogP contribution in [0.1, 0.15) is 6.42 Å². The molecule has 1 amide bonds. The molecule has 0 saturated carbocycles. The molecule has 0 bridgehead atoms. The van der Waals surface area contributed by atoms with Crippen LogP contribution in [-0.4, -0.2) is 54.8 Å².